The van der Waals surface area contributed by atoms with Gasteiger partial charge in [-0.15, -0.1) is 0 Å². The lowest BCUT2D eigenvalue weighted by molar-refractivity contribution is -0.167. The standard InChI is InChI=1S/C60H106O6/c1-4-7-10-13-15-17-19-20-21-22-23-24-25-26-27-28-29-30-31-32-33-34-35-36-37-38-39-40-41-43-44-47-50-53-59(62)65-56-57(55-64-58(61)52-49-46-12-9-6-3)66-60(63)54-51-48-45-42-18-16-14-11-8-5-2/h7,10-11,14-15,17,20-21,23-24,57H,4-6,8-9,12-13,16,18-19,22,25-56H2,1-3H3/b10-7-,14-11-,17-15-,21-20-,24-23-. The van der Waals surface area contributed by atoms with Crippen molar-refractivity contribution >= 4 is 17.9 Å². The normalized spacial score (nSPS) is 12.5. The molecular formula is C60H106O6. The molecule has 0 aliphatic rings. The molecule has 0 N–H and O–H groups in total. The number of carbonyl (C=O) groups is 3. The predicted molar refractivity (Wildman–Crippen MR) is 284 cm³/mol. The van der Waals surface area contributed by atoms with Crippen LogP contribution in [0.4, 0.5) is 0 Å². The summed E-state index contributed by atoms with van der Waals surface area (Å²) in [5.74, 6) is -0.892. The van der Waals surface area contributed by atoms with Gasteiger partial charge >= 0.3 is 17.9 Å². The van der Waals surface area contributed by atoms with Crippen molar-refractivity contribution in [1.82, 2.24) is 0 Å². The highest BCUT2D eigenvalue weighted by Crippen LogP contribution is 2.16. The van der Waals surface area contributed by atoms with Gasteiger partial charge in [0.2, 0.25) is 0 Å². The van der Waals surface area contributed by atoms with E-state index < -0.39 is 6.10 Å². The number of carbonyl (C=O) groups excluding carboxylic acids is 3. The molecule has 0 radical (unpaired) electrons. The Labute approximate surface area is 409 Å². The van der Waals surface area contributed by atoms with Crippen molar-refractivity contribution in [2.24, 2.45) is 0 Å². The molecule has 382 valence electrons. The Morgan fingerprint density at radius 1 is 0.318 bits per heavy atom. The molecule has 0 aromatic rings. The smallest absolute Gasteiger partial charge is 0.306 e. The van der Waals surface area contributed by atoms with Gasteiger partial charge in [0.05, 0.1) is 0 Å². The fourth-order valence-corrected chi connectivity index (χ4v) is 8.03. The van der Waals surface area contributed by atoms with Gasteiger partial charge in [0.15, 0.2) is 6.10 Å². The third kappa shape index (κ3) is 52.1. The number of ether oxygens (including phenoxy) is 3. The monoisotopic (exact) mass is 923 g/mol. The van der Waals surface area contributed by atoms with Crippen molar-refractivity contribution in [1.29, 1.82) is 0 Å². The summed E-state index contributed by atoms with van der Waals surface area (Å²) in [6.45, 7) is 6.38. The van der Waals surface area contributed by atoms with Gasteiger partial charge in [-0.1, -0.05) is 248 Å². The SMILES string of the molecule is CC/C=C\C/C=C\C/C=C\C/C=C\CCCCCCCCCCCCCCCCCCCCCCC(=O)OCC(COC(=O)CCCCCCC)OC(=O)CCCCCCC/C=C\CCC. The molecule has 66 heavy (non-hydrogen) atoms. The zero-order valence-electron chi connectivity index (χ0n) is 43.7. The van der Waals surface area contributed by atoms with E-state index in [0.29, 0.717) is 19.3 Å². The molecule has 6 heteroatoms. The third-order valence-electron chi connectivity index (χ3n) is 12.2. The van der Waals surface area contributed by atoms with E-state index in [2.05, 4.69) is 81.5 Å². The second-order valence-electron chi connectivity index (χ2n) is 18.8. The van der Waals surface area contributed by atoms with Crippen LogP contribution in [-0.4, -0.2) is 37.2 Å². The first-order chi connectivity index (χ1) is 32.5. The van der Waals surface area contributed by atoms with Crippen LogP contribution in [0.5, 0.6) is 0 Å². The summed E-state index contributed by atoms with van der Waals surface area (Å²) in [4.78, 5) is 37.6. The first-order valence-corrected chi connectivity index (χ1v) is 28.3. The van der Waals surface area contributed by atoms with Gasteiger partial charge in [-0.2, -0.15) is 0 Å². The fourth-order valence-electron chi connectivity index (χ4n) is 8.03. The molecular weight excluding hydrogens is 817 g/mol. The van der Waals surface area contributed by atoms with Crippen LogP contribution in [-0.2, 0) is 28.6 Å². The van der Waals surface area contributed by atoms with Crippen LogP contribution >= 0.6 is 0 Å². The summed E-state index contributed by atoms with van der Waals surface area (Å²) in [5.41, 5.74) is 0. The molecule has 0 saturated heterocycles. The van der Waals surface area contributed by atoms with E-state index in [1.807, 2.05) is 0 Å². The van der Waals surface area contributed by atoms with E-state index in [1.165, 1.54) is 135 Å². The minimum absolute atomic E-state index is 0.0742. The Morgan fingerprint density at radius 2 is 0.621 bits per heavy atom. The van der Waals surface area contributed by atoms with Crippen molar-refractivity contribution in [2.45, 2.75) is 290 Å². The van der Waals surface area contributed by atoms with Crippen LogP contribution in [0.15, 0.2) is 60.8 Å². The number of unbranched alkanes of at least 4 members (excludes halogenated alkanes) is 30. The van der Waals surface area contributed by atoms with Crippen LogP contribution in [0.3, 0.4) is 0 Å². The Kier molecular flexibility index (Phi) is 52.3. The maximum Gasteiger partial charge on any atom is 0.306 e. The fraction of sp³-hybridized carbons (Fsp3) is 0.783. The van der Waals surface area contributed by atoms with Gasteiger partial charge in [-0.05, 0) is 77.0 Å². The summed E-state index contributed by atoms with van der Waals surface area (Å²) in [6.07, 6.45) is 68.6. The minimum atomic E-state index is -0.769. The van der Waals surface area contributed by atoms with E-state index in [4.69, 9.17) is 14.2 Å². The molecule has 0 rings (SSSR count). The molecule has 0 amide bonds. The van der Waals surface area contributed by atoms with Crippen LogP contribution in [0.25, 0.3) is 0 Å². The van der Waals surface area contributed by atoms with Crippen molar-refractivity contribution in [3.63, 3.8) is 0 Å². The largest absolute Gasteiger partial charge is 0.462 e. The predicted octanol–water partition coefficient (Wildman–Crippen LogP) is 18.8. The number of esters is 3. The number of allylic oxidation sites excluding steroid dienone is 10. The number of hydrogen-bond donors (Lipinski definition) is 0. The van der Waals surface area contributed by atoms with Crippen molar-refractivity contribution in [3.05, 3.63) is 60.8 Å². The summed E-state index contributed by atoms with van der Waals surface area (Å²) in [7, 11) is 0. The molecule has 0 bridgehead atoms. The average molecular weight is 924 g/mol. The summed E-state index contributed by atoms with van der Waals surface area (Å²) in [6, 6.07) is 0. The molecule has 6 nitrogen and oxygen atoms in total. The Hall–Kier alpha value is -2.89. The minimum Gasteiger partial charge on any atom is -0.462 e. The van der Waals surface area contributed by atoms with Crippen LogP contribution in [0, 0.1) is 0 Å². The number of rotatable bonds is 51. The first-order valence-electron chi connectivity index (χ1n) is 28.3. The number of hydrogen-bond acceptors (Lipinski definition) is 6. The lowest BCUT2D eigenvalue weighted by atomic mass is 10.0. The second kappa shape index (κ2) is 54.7. The van der Waals surface area contributed by atoms with Crippen molar-refractivity contribution in [2.75, 3.05) is 13.2 Å². The molecule has 0 aromatic carbocycles. The topological polar surface area (TPSA) is 78.9 Å². The van der Waals surface area contributed by atoms with E-state index in [0.717, 1.165) is 109 Å². The quantitative estimate of drug-likeness (QED) is 0.0262. The van der Waals surface area contributed by atoms with Crippen LogP contribution in [0.2, 0.25) is 0 Å². The van der Waals surface area contributed by atoms with E-state index in [9.17, 15) is 14.4 Å². The average Bonchev–Trinajstić information content (AvgIpc) is 3.31. The van der Waals surface area contributed by atoms with E-state index in [-0.39, 0.29) is 31.1 Å². The Morgan fingerprint density at radius 3 is 1.00 bits per heavy atom. The third-order valence-corrected chi connectivity index (χ3v) is 12.2. The lowest BCUT2D eigenvalue weighted by Crippen LogP contribution is -2.30. The van der Waals surface area contributed by atoms with E-state index >= 15 is 0 Å². The zero-order chi connectivity index (χ0) is 47.9. The molecule has 0 spiro atoms. The summed E-state index contributed by atoms with van der Waals surface area (Å²) < 4.78 is 16.6. The van der Waals surface area contributed by atoms with Gasteiger partial charge in [-0.25, -0.2) is 0 Å². The van der Waals surface area contributed by atoms with Gasteiger partial charge in [0.25, 0.3) is 0 Å². The first kappa shape index (κ1) is 63.1. The van der Waals surface area contributed by atoms with Crippen molar-refractivity contribution in [3.8, 4) is 0 Å². The lowest BCUT2D eigenvalue weighted by Gasteiger charge is -2.18. The Bertz CT molecular complexity index is 1200. The highest BCUT2D eigenvalue weighted by molar-refractivity contribution is 5.71. The zero-order valence-corrected chi connectivity index (χ0v) is 43.7. The van der Waals surface area contributed by atoms with Gasteiger partial charge in [0.1, 0.15) is 13.2 Å². The molecule has 0 aliphatic heterocycles. The second-order valence-corrected chi connectivity index (χ2v) is 18.8. The molecule has 0 saturated carbocycles. The summed E-state index contributed by atoms with van der Waals surface area (Å²) >= 11 is 0. The molecule has 0 heterocycles. The van der Waals surface area contributed by atoms with Crippen LogP contribution < -0.4 is 0 Å². The van der Waals surface area contributed by atoms with Crippen molar-refractivity contribution < 1.29 is 28.6 Å². The van der Waals surface area contributed by atoms with Gasteiger partial charge in [0, 0.05) is 19.3 Å². The summed E-state index contributed by atoms with van der Waals surface area (Å²) in [5, 5.41) is 0. The highest BCUT2D eigenvalue weighted by Gasteiger charge is 2.19. The Balaban J connectivity index is 3.84. The maximum atomic E-state index is 12.7. The molecule has 0 aliphatic carbocycles. The molecule has 1 atom stereocenters. The van der Waals surface area contributed by atoms with Crippen LogP contribution in [0.1, 0.15) is 284 Å². The van der Waals surface area contributed by atoms with E-state index in [1.54, 1.807) is 0 Å². The van der Waals surface area contributed by atoms with Gasteiger partial charge in [-0.3, -0.25) is 14.4 Å². The van der Waals surface area contributed by atoms with Gasteiger partial charge < -0.3 is 14.2 Å². The maximum absolute atomic E-state index is 12.7. The highest BCUT2D eigenvalue weighted by atomic mass is 16.6. The molecule has 0 fully saturated rings. The molecule has 0 aromatic heterocycles. The molecule has 1 unspecified atom stereocenters.